The molecule has 19 heavy (non-hydrogen) atoms. The molecule has 0 N–H and O–H groups in total. The third kappa shape index (κ3) is 3.18. The van der Waals surface area contributed by atoms with Crippen LogP contribution in [0.1, 0.15) is 41.5 Å². The van der Waals surface area contributed by atoms with Crippen molar-refractivity contribution in [2.24, 2.45) is 5.41 Å². The molecule has 0 aliphatic carbocycles. The van der Waals surface area contributed by atoms with E-state index in [9.17, 15) is 9.18 Å². The number of carbonyl (C=O) groups excluding carboxylic acids is 1. The zero-order chi connectivity index (χ0) is 15.1. The second-order valence-corrected chi connectivity index (χ2v) is 6.33. The number of hydrogen-bond donors (Lipinski definition) is 0. The van der Waals surface area contributed by atoms with E-state index in [0.717, 1.165) is 0 Å². The molecule has 0 spiro atoms. The maximum absolute atomic E-state index is 14.2. The van der Waals surface area contributed by atoms with Crippen LogP contribution in [0.3, 0.4) is 0 Å². The molecule has 0 unspecified atom stereocenters. The molecule has 0 radical (unpaired) electrons. The van der Waals surface area contributed by atoms with Gasteiger partial charge >= 0.3 is 13.1 Å². The fourth-order valence-electron chi connectivity index (χ4n) is 1.69. The number of halogens is 1. The third-order valence-electron chi connectivity index (χ3n) is 3.69. The van der Waals surface area contributed by atoms with E-state index < -0.39 is 35.4 Å². The van der Waals surface area contributed by atoms with Crippen molar-refractivity contribution in [3.05, 3.63) is 11.8 Å². The van der Waals surface area contributed by atoms with Crippen LogP contribution in [0.2, 0.25) is 0 Å². The molecule has 108 valence electrons. The molecule has 0 aromatic carbocycles. The molecular weight excluding hydrogens is 250 g/mol. The second kappa shape index (κ2) is 4.91. The molecule has 0 amide bonds. The lowest BCUT2D eigenvalue weighted by molar-refractivity contribution is -0.148. The minimum atomic E-state index is -1.09. The summed E-state index contributed by atoms with van der Waals surface area (Å²) in [5.41, 5.74) is -2.91. The summed E-state index contributed by atoms with van der Waals surface area (Å²) >= 11 is 0. The Morgan fingerprint density at radius 1 is 1.21 bits per heavy atom. The summed E-state index contributed by atoms with van der Waals surface area (Å²) < 4.78 is 30.0. The van der Waals surface area contributed by atoms with Crippen LogP contribution >= 0.6 is 0 Å². The van der Waals surface area contributed by atoms with E-state index in [1.54, 1.807) is 13.8 Å². The molecule has 1 heterocycles. The van der Waals surface area contributed by atoms with E-state index >= 15 is 0 Å². The van der Waals surface area contributed by atoms with Crippen LogP contribution in [0.15, 0.2) is 11.8 Å². The van der Waals surface area contributed by atoms with Crippen molar-refractivity contribution < 1.29 is 23.2 Å². The number of carbonyl (C=O) groups is 1. The van der Waals surface area contributed by atoms with Gasteiger partial charge in [-0.1, -0.05) is 0 Å². The monoisotopic (exact) mass is 272 g/mol. The topological polar surface area (TPSA) is 44.8 Å². The summed E-state index contributed by atoms with van der Waals surface area (Å²) in [5.74, 6) is -0.515. The lowest BCUT2D eigenvalue weighted by Crippen LogP contribution is -2.41. The van der Waals surface area contributed by atoms with Crippen molar-refractivity contribution in [1.29, 1.82) is 0 Å². The highest BCUT2D eigenvalue weighted by Crippen LogP contribution is 2.39. The van der Waals surface area contributed by atoms with Crippen LogP contribution in [-0.2, 0) is 18.8 Å². The summed E-state index contributed by atoms with van der Waals surface area (Å²) in [7, 11) is 0.180. The zero-order valence-electron chi connectivity index (χ0n) is 12.7. The van der Waals surface area contributed by atoms with E-state index in [1.807, 2.05) is 27.7 Å². The van der Waals surface area contributed by atoms with Crippen molar-refractivity contribution in [3.8, 4) is 0 Å². The normalized spacial score (nSPS) is 22.5. The minimum absolute atomic E-state index is 0.515. The molecule has 0 bridgehead atoms. The Bertz CT molecular complexity index is 385. The van der Waals surface area contributed by atoms with Crippen molar-refractivity contribution >= 4 is 13.1 Å². The van der Waals surface area contributed by atoms with Crippen LogP contribution in [0, 0.1) is 5.41 Å². The number of ether oxygens (including phenoxy) is 1. The van der Waals surface area contributed by atoms with Gasteiger partial charge in [0.05, 0.1) is 23.7 Å². The third-order valence-corrected chi connectivity index (χ3v) is 3.69. The van der Waals surface area contributed by atoms with E-state index in [1.165, 1.54) is 13.2 Å². The van der Waals surface area contributed by atoms with Crippen LogP contribution in [-0.4, -0.2) is 31.4 Å². The highest BCUT2D eigenvalue weighted by atomic mass is 19.1. The summed E-state index contributed by atoms with van der Waals surface area (Å²) in [6.45, 7) is 10.5. The first-order chi connectivity index (χ1) is 8.43. The van der Waals surface area contributed by atoms with Gasteiger partial charge in [-0.15, -0.1) is 0 Å². The average molecular weight is 272 g/mol. The molecular formula is C13H22BFO4. The molecule has 0 atom stereocenters. The van der Waals surface area contributed by atoms with Crippen LogP contribution in [0.4, 0.5) is 4.39 Å². The average Bonchev–Trinajstić information content (AvgIpc) is 2.46. The number of methoxy groups -OCH3 is 1. The van der Waals surface area contributed by atoms with Gasteiger partial charge in [-0.05, 0) is 47.6 Å². The highest BCUT2D eigenvalue weighted by Gasteiger charge is 2.53. The first kappa shape index (κ1) is 16.2. The Morgan fingerprint density at radius 3 is 2.00 bits per heavy atom. The van der Waals surface area contributed by atoms with E-state index in [4.69, 9.17) is 9.31 Å². The fourth-order valence-corrected chi connectivity index (χ4v) is 1.69. The largest absolute Gasteiger partial charge is 0.524 e. The highest BCUT2D eigenvalue weighted by molar-refractivity contribution is 6.53. The van der Waals surface area contributed by atoms with Gasteiger partial charge in [0.15, 0.2) is 0 Å². The van der Waals surface area contributed by atoms with Gasteiger partial charge in [0.25, 0.3) is 0 Å². The number of hydrogen-bond acceptors (Lipinski definition) is 4. The van der Waals surface area contributed by atoms with Crippen molar-refractivity contribution in [1.82, 2.24) is 0 Å². The van der Waals surface area contributed by atoms with Crippen molar-refractivity contribution in [3.63, 3.8) is 0 Å². The molecule has 4 nitrogen and oxygen atoms in total. The van der Waals surface area contributed by atoms with Crippen LogP contribution < -0.4 is 0 Å². The Kier molecular flexibility index (Phi) is 4.18. The number of esters is 1. The SMILES string of the molecule is COC(=O)C(C)(C)C=C(F)B1OC(C)(C)C(C)(C)O1. The van der Waals surface area contributed by atoms with Crippen molar-refractivity contribution in [2.75, 3.05) is 7.11 Å². The lowest BCUT2D eigenvalue weighted by atomic mass is 9.81. The van der Waals surface area contributed by atoms with Gasteiger partial charge in [-0.3, -0.25) is 4.79 Å². The Balaban J connectivity index is 2.92. The van der Waals surface area contributed by atoms with Crippen molar-refractivity contribution in [2.45, 2.75) is 52.7 Å². The van der Waals surface area contributed by atoms with Crippen LogP contribution in [0.25, 0.3) is 0 Å². The first-order valence-corrected chi connectivity index (χ1v) is 6.25. The molecule has 0 aromatic heterocycles. The summed E-state index contributed by atoms with van der Waals surface area (Å²) in [6, 6.07) is 0. The number of rotatable bonds is 3. The van der Waals surface area contributed by atoms with E-state index in [2.05, 4.69) is 4.74 Å². The molecule has 1 aliphatic rings. The predicted octanol–water partition coefficient (Wildman–Crippen LogP) is 2.67. The fraction of sp³-hybridized carbons (Fsp3) is 0.769. The van der Waals surface area contributed by atoms with Crippen LogP contribution in [0.5, 0.6) is 0 Å². The zero-order valence-corrected chi connectivity index (χ0v) is 12.7. The second-order valence-electron chi connectivity index (χ2n) is 6.33. The van der Waals surface area contributed by atoms with Gasteiger partial charge < -0.3 is 14.0 Å². The van der Waals surface area contributed by atoms with Gasteiger partial charge in [0, 0.05) is 0 Å². The lowest BCUT2D eigenvalue weighted by Gasteiger charge is -2.32. The predicted molar refractivity (Wildman–Crippen MR) is 71.1 cm³/mol. The molecule has 0 saturated carbocycles. The summed E-state index contributed by atoms with van der Waals surface area (Å²) in [6.07, 6.45) is 1.18. The van der Waals surface area contributed by atoms with E-state index in [0.29, 0.717) is 0 Å². The molecule has 1 fully saturated rings. The van der Waals surface area contributed by atoms with Gasteiger partial charge in [-0.25, -0.2) is 4.39 Å². The van der Waals surface area contributed by atoms with Gasteiger partial charge in [0.1, 0.15) is 5.73 Å². The molecule has 1 aliphatic heterocycles. The standard InChI is InChI=1S/C13H22BFO4/c1-11(2,10(16)17-7)8-9(15)14-18-12(3,4)13(5,6)19-14/h8H,1-7H3. The Labute approximate surface area is 114 Å². The Hall–Kier alpha value is -0.875. The quantitative estimate of drug-likeness (QED) is 0.585. The maximum Gasteiger partial charge on any atom is 0.524 e. The van der Waals surface area contributed by atoms with E-state index in [-0.39, 0.29) is 0 Å². The minimum Gasteiger partial charge on any atom is -0.468 e. The first-order valence-electron chi connectivity index (χ1n) is 6.25. The maximum atomic E-state index is 14.2. The summed E-state index contributed by atoms with van der Waals surface area (Å²) in [5, 5.41) is 0. The molecule has 1 rings (SSSR count). The molecule has 6 heteroatoms. The Morgan fingerprint density at radius 2 is 1.63 bits per heavy atom. The van der Waals surface area contributed by atoms with Gasteiger partial charge in [-0.2, -0.15) is 0 Å². The van der Waals surface area contributed by atoms with Gasteiger partial charge in [0.2, 0.25) is 0 Å². The molecule has 0 aromatic rings. The summed E-state index contributed by atoms with van der Waals surface area (Å²) in [4.78, 5) is 11.5. The smallest absolute Gasteiger partial charge is 0.468 e. The molecule has 1 saturated heterocycles.